The maximum atomic E-state index is 5.40. The molecule has 1 aliphatic rings. The lowest BCUT2D eigenvalue weighted by Gasteiger charge is -2.04. The van der Waals surface area contributed by atoms with Gasteiger partial charge in [0.2, 0.25) is 0 Å². The van der Waals surface area contributed by atoms with E-state index in [2.05, 4.69) is 15.2 Å². The Morgan fingerprint density at radius 3 is 3.18 bits per heavy atom. The number of ether oxygens (including phenoxy) is 1. The van der Waals surface area contributed by atoms with Gasteiger partial charge in [-0.15, -0.1) is 10.2 Å². The lowest BCUT2D eigenvalue weighted by molar-refractivity contribution is 0.107. The molecule has 0 amide bonds. The highest BCUT2D eigenvalue weighted by atomic mass is 16.5. The molecule has 1 fully saturated rings. The summed E-state index contributed by atoms with van der Waals surface area (Å²) in [6.45, 7) is 0.835. The van der Waals surface area contributed by atoms with Gasteiger partial charge in [0.25, 0.3) is 0 Å². The Kier molecular flexibility index (Phi) is 1.77. The third kappa shape index (κ3) is 1.35. The summed E-state index contributed by atoms with van der Waals surface area (Å²) >= 11 is 0. The normalized spacial score (nSPS) is 23.8. The standard InChI is InChI=1S/C7H9N3O/c1-2-7(11-3-1)6-4-8-5-9-10-6/h4-5,7H,1-3H2. The largest absolute Gasteiger partial charge is 0.372 e. The molecule has 0 spiro atoms. The van der Waals surface area contributed by atoms with Gasteiger partial charge in [-0.25, -0.2) is 4.98 Å². The fourth-order valence-electron chi connectivity index (χ4n) is 1.22. The van der Waals surface area contributed by atoms with Crippen LogP contribution in [0.25, 0.3) is 0 Å². The summed E-state index contributed by atoms with van der Waals surface area (Å²) < 4.78 is 5.40. The van der Waals surface area contributed by atoms with E-state index in [0.29, 0.717) is 0 Å². The molecule has 1 aromatic rings. The molecule has 0 bridgehead atoms. The molecule has 1 unspecified atom stereocenters. The maximum Gasteiger partial charge on any atom is 0.138 e. The van der Waals surface area contributed by atoms with Gasteiger partial charge in [0.05, 0.1) is 6.20 Å². The van der Waals surface area contributed by atoms with Crippen LogP contribution in [0.4, 0.5) is 0 Å². The molecule has 0 N–H and O–H groups in total. The highest BCUT2D eigenvalue weighted by molar-refractivity contribution is 4.97. The third-order valence-electron chi connectivity index (χ3n) is 1.76. The Bertz CT molecular complexity index is 220. The van der Waals surface area contributed by atoms with Gasteiger partial charge in [-0.3, -0.25) is 0 Å². The summed E-state index contributed by atoms with van der Waals surface area (Å²) in [5.41, 5.74) is 0.852. The summed E-state index contributed by atoms with van der Waals surface area (Å²) in [4.78, 5) is 3.88. The Labute approximate surface area is 64.6 Å². The predicted molar refractivity (Wildman–Crippen MR) is 37.8 cm³/mol. The van der Waals surface area contributed by atoms with Crippen LogP contribution in [0.1, 0.15) is 24.6 Å². The molecule has 0 radical (unpaired) electrons. The summed E-state index contributed by atoms with van der Waals surface area (Å²) in [5.74, 6) is 0. The van der Waals surface area contributed by atoms with Crippen LogP contribution in [0.2, 0.25) is 0 Å². The lowest BCUT2D eigenvalue weighted by Crippen LogP contribution is -2.00. The molecule has 1 aliphatic heterocycles. The molecular weight excluding hydrogens is 142 g/mol. The molecule has 0 aromatic carbocycles. The Morgan fingerprint density at radius 1 is 1.55 bits per heavy atom. The monoisotopic (exact) mass is 151 g/mol. The molecule has 11 heavy (non-hydrogen) atoms. The van der Waals surface area contributed by atoms with Crippen molar-refractivity contribution in [2.45, 2.75) is 18.9 Å². The molecule has 1 saturated heterocycles. The Hall–Kier alpha value is -1.03. The first-order valence-corrected chi connectivity index (χ1v) is 3.71. The van der Waals surface area contributed by atoms with Crippen LogP contribution in [0, 0.1) is 0 Å². The van der Waals surface area contributed by atoms with Crippen molar-refractivity contribution in [2.75, 3.05) is 6.61 Å². The van der Waals surface area contributed by atoms with Crippen molar-refractivity contribution in [2.24, 2.45) is 0 Å². The number of nitrogens with zero attached hydrogens (tertiary/aromatic N) is 3. The zero-order chi connectivity index (χ0) is 7.52. The van der Waals surface area contributed by atoms with E-state index in [9.17, 15) is 0 Å². The van der Waals surface area contributed by atoms with Gasteiger partial charge >= 0.3 is 0 Å². The zero-order valence-corrected chi connectivity index (χ0v) is 6.10. The highest BCUT2D eigenvalue weighted by Crippen LogP contribution is 2.25. The number of hydrogen-bond acceptors (Lipinski definition) is 4. The van der Waals surface area contributed by atoms with Gasteiger partial charge in [0, 0.05) is 6.61 Å². The Morgan fingerprint density at radius 2 is 2.55 bits per heavy atom. The minimum absolute atomic E-state index is 0.135. The first-order valence-electron chi connectivity index (χ1n) is 3.71. The topological polar surface area (TPSA) is 47.9 Å². The summed E-state index contributed by atoms with van der Waals surface area (Å²) in [6, 6.07) is 0. The second kappa shape index (κ2) is 2.92. The van der Waals surface area contributed by atoms with Crippen LogP contribution >= 0.6 is 0 Å². The number of hydrogen-bond donors (Lipinski definition) is 0. The van der Waals surface area contributed by atoms with E-state index in [1.165, 1.54) is 6.33 Å². The van der Waals surface area contributed by atoms with Crippen molar-refractivity contribution < 1.29 is 4.74 Å². The second-order valence-electron chi connectivity index (χ2n) is 2.54. The smallest absolute Gasteiger partial charge is 0.138 e. The molecule has 1 atom stereocenters. The van der Waals surface area contributed by atoms with E-state index in [4.69, 9.17) is 4.74 Å². The number of aromatic nitrogens is 3. The van der Waals surface area contributed by atoms with Crippen LogP contribution in [0.15, 0.2) is 12.5 Å². The van der Waals surface area contributed by atoms with E-state index in [1.54, 1.807) is 6.20 Å². The quantitative estimate of drug-likeness (QED) is 0.593. The first kappa shape index (κ1) is 6.67. The van der Waals surface area contributed by atoms with Crippen LogP contribution in [0.3, 0.4) is 0 Å². The molecule has 0 aliphatic carbocycles. The minimum atomic E-state index is 0.135. The average molecular weight is 151 g/mol. The van der Waals surface area contributed by atoms with Gasteiger partial charge in [-0.2, -0.15) is 0 Å². The van der Waals surface area contributed by atoms with E-state index < -0.39 is 0 Å². The molecular formula is C7H9N3O. The van der Waals surface area contributed by atoms with Gasteiger partial charge in [-0.05, 0) is 12.8 Å². The molecule has 2 rings (SSSR count). The summed E-state index contributed by atoms with van der Waals surface area (Å²) in [6.07, 6.45) is 5.43. The lowest BCUT2D eigenvalue weighted by atomic mass is 10.2. The van der Waals surface area contributed by atoms with Gasteiger partial charge in [0.1, 0.15) is 18.1 Å². The van der Waals surface area contributed by atoms with E-state index >= 15 is 0 Å². The maximum absolute atomic E-state index is 5.40. The van der Waals surface area contributed by atoms with Crippen molar-refractivity contribution >= 4 is 0 Å². The number of rotatable bonds is 1. The summed E-state index contributed by atoms with van der Waals surface area (Å²) in [5, 5.41) is 7.61. The van der Waals surface area contributed by atoms with Crippen molar-refractivity contribution in [3.63, 3.8) is 0 Å². The fourth-order valence-corrected chi connectivity index (χ4v) is 1.22. The van der Waals surface area contributed by atoms with E-state index in [1.807, 2.05) is 0 Å². The molecule has 4 nitrogen and oxygen atoms in total. The second-order valence-corrected chi connectivity index (χ2v) is 2.54. The van der Waals surface area contributed by atoms with Crippen molar-refractivity contribution in [3.8, 4) is 0 Å². The Balaban J connectivity index is 2.16. The highest BCUT2D eigenvalue weighted by Gasteiger charge is 2.18. The molecule has 2 heterocycles. The first-order chi connectivity index (χ1) is 5.47. The molecule has 1 aromatic heterocycles. The van der Waals surface area contributed by atoms with Gasteiger partial charge in [0.15, 0.2) is 0 Å². The SMILES string of the molecule is c1ncc(C2CCCO2)nn1. The van der Waals surface area contributed by atoms with E-state index in [0.717, 1.165) is 25.1 Å². The molecule has 0 saturated carbocycles. The van der Waals surface area contributed by atoms with Crippen molar-refractivity contribution in [1.29, 1.82) is 0 Å². The summed E-state index contributed by atoms with van der Waals surface area (Å²) in [7, 11) is 0. The predicted octanol–water partition coefficient (Wildman–Crippen LogP) is 0.723. The van der Waals surface area contributed by atoms with E-state index in [-0.39, 0.29) is 6.10 Å². The van der Waals surface area contributed by atoms with Crippen LogP contribution < -0.4 is 0 Å². The third-order valence-corrected chi connectivity index (χ3v) is 1.76. The molecule has 4 heteroatoms. The minimum Gasteiger partial charge on any atom is -0.372 e. The fraction of sp³-hybridized carbons (Fsp3) is 0.571. The van der Waals surface area contributed by atoms with Crippen molar-refractivity contribution in [3.05, 3.63) is 18.2 Å². The van der Waals surface area contributed by atoms with Gasteiger partial charge < -0.3 is 4.74 Å². The average Bonchev–Trinajstić information content (AvgIpc) is 2.58. The molecule has 58 valence electrons. The van der Waals surface area contributed by atoms with Crippen molar-refractivity contribution in [1.82, 2.24) is 15.2 Å². The van der Waals surface area contributed by atoms with Crippen LogP contribution in [0.5, 0.6) is 0 Å². The van der Waals surface area contributed by atoms with Gasteiger partial charge in [-0.1, -0.05) is 0 Å². The zero-order valence-electron chi connectivity index (χ0n) is 6.10. The van der Waals surface area contributed by atoms with Crippen LogP contribution in [-0.2, 0) is 4.74 Å². The van der Waals surface area contributed by atoms with Crippen LogP contribution in [-0.4, -0.2) is 21.8 Å².